The molecule has 2 saturated heterocycles. The molecule has 0 saturated carbocycles. The van der Waals surface area contributed by atoms with Crippen LogP contribution in [0.5, 0.6) is 0 Å². The lowest BCUT2D eigenvalue weighted by Crippen LogP contribution is -2.40. The van der Waals surface area contributed by atoms with E-state index in [0.29, 0.717) is 17.3 Å². The van der Waals surface area contributed by atoms with Crippen molar-refractivity contribution in [3.05, 3.63) is 27.8 Å². The molecule has 1 aromatic heterocycles. The van der Waals surface area contributed by atoms with Crippen LogP contribution in [0.3, 0.4) is 0 Å². The molecule has 11 nitrogen and oxygen atoms in total. The number of hydrazone groups is 1. The first kappa shape index (κ1) is 21.0. The van der Waals surface area contributed by atoms with E-state index in [1.165, 1.54) is 6.42 Å². The molecule has 0 spiro atoms. The van der Waals surface area contributed by atoms with Crippen molar-refractivity contribution in [2.75, 3.05) is 28.3 Å². The number of piperidine rings is 2. The molecule has 2 atom stereocenters. The Morgan fingerprint density at radius 3 is 2.39 bits per heavy atom. The fraction of sp³-hybridized carbons (Fsp3) is 0.600. The van der Waals surface area contributed by atoms with E-state index in [1.807, 2.05) is 6.07 Å². The molecule has 0 unspecified atom stereocenters. The Morgan fingerprint density at radius 2 is 1.81 bits per heavy atom. The van der Waals surface area contributed by atoms with Crippen LogP contribution in [0.4, 0.5) is 23.0 Å². The summed E-state index contributed by atoms with van der Waals surface area (Å²) in [5, 5.41) is 29.6. The highest BCUT2D eigenvalue weighted by Crippen LogP contribution is 2.39. The molecular formula is C20H29N9O2. The molecule has 2 aliphatic rings. The molecule has 2 aliphatic heterocycles. The number of nitrogens with one attached hydrogen (secondary N) is 2. The molecule has 1 aromatic carbocycles. The minimum atomic E-state index is -0.288. The third-order valence-electron chi connectivity index (χ3n) is 6.26. The highest BCUT2D eigenvalue weighted by molar-refractivity contribution is 5.92. The third-order valence-corrected chi connectivity index (χ3v) is 6.26. The van der Waals surface area contributed by atoms with E-state index < -0.39 is 0 Å². The summed E-state index contributed by atoms with van der Waals surface area (Å²) in [4.78, 5) is 16.3. The summed E-state index contributed by atoms with van der Waals surface area (Å²) in [6, 6.07) is 4.28. The van der Waals surface area contributed by atoms with Gasteiger partial charge in [0.2, 0.25) is 0 Å². The summed E-state index contributed by atoms with van der Waals surface area (Å²) in [6.07, 6.45) is 8.26. The van der Waals surface area contributed by atoms with E-state index in [0.717, 1.165) is 50.9 Å². The number of aromatic nitrogens is 4. The lowest BCUT2D eigenvalue weighted by molar-refractivity contribution is -0.384. The number of nitro benzene ring substituents is 1. The van der Waals surface area contributed by atoms with Crippen molar-refractivity contribution >= 4 is 29.2 Å². The zero-order chi connectivity index (χ0) is 21.8. The van der Waals surface area contributed by atoms with Crippen LogP contribution in [0, 0.1) is 10.1 Å². The molecule has 0 bridgehead atoms. The lowest BCUT2D eigenvalue weighted by atomic mass is 9.98. The molecule has 2 N–H and O–H groups in total. The molecular weight excluding hydrogens is 398 g/mol. The zero-order valence-corrected chi connectivity index (χ0v) is 18.0. The van der Waals surface area contributed by atoms with Gasteiger partial charge in [0.15, 0.2) is 0 Å². The van der Waals surface area contributed by atoms with Crippen LogP contribution in [0.1, 0.15) is 57.9 Å². The van der Waals surface area contributed by atoms with Gasteiger partial charge in [-0.2, -0.15) is 10.3 Å². The summed E-state index contributed by atoms with van der Waals surface area (Å²) in [7, 11) is 0. The standard InChI is InChI=1S/C20H29N9O2/c1-14-7-3-5-9-27(14)17-12-18(28-10-6-4-8-15(28)2)19(29(30)31)11-16(17)13-21-22-20-23-25-26-24-20/h11-15H,3-10H2,1-2H3,(H2,22,23,24,25,26)/b21-13-/t14-,15-/m1/s1. The van der Waals surface area contributed by atoms with Crippen LogP contribution >= 0.6 is 0 Å². The number of tetrazole rings is 1. The monoisotopic (exact) mass is 427 g/mol. The summed E-state index contributed by atoms with van der Waals surface area (Å²) in [6.45, 7) is 6.12. The number of hydrogen-bond acceptors (Lipinski definition) is 9. The van der Waals surface area contributed by atoms with Gasteiger partial charge in [-0.3, -0.25) is 10.1 Å². The van der Waals surface area contributed by atoms with Crippen molar-refractivity contribution in [1.29, 1.82) is 0 Å². The summed E-state index contributed by atoms with van der Waals surface area (Å²) in [5.41, 5.74) is 5.19. The number of aromatic amines is 1. The Bertz CT molecular complexity index is 931. The summed E-state index contributed by atoms with van der Waals surface area (Å²) < 4.78 is 0. The minimum absolute atomic E-state index is 0.114. The molecule has 2 aromatic rings. The van der Waals surface area contributed by atoms with Crippen LogP contribution < -0.4 is 15.2 Å². The second-order valence-corrected chi connectivity index (χ2v) is 8.34. The number of nitrogens with zero attached hydrogens (tertiary/aromatic N) is 7. The predicted molar refractivity (Wildman–Crippen MR) is 120 cm³/mol. The van der Waals surface area contributed by atoms with Crippen LogP contribution in [0.15, 0.2) is 17.2 Å². The van der Waals surface area contributed by atoms with Gasteiger partial charge >= 0.3 is 0 Å². The van der Waals surface area contributed by atoms with E-state index in [-0.39, 0.29) is 22.6 Å². The maximum atomic E-state index is 12.0. The molecule has 4 rings (SSSR count). The van der Waals surface area contributed by atoms with Crippen LogP contribution in [-0.2, 0) is 0 Å². The minimum Gasteiger partial charge on any atom is -0.368 e. The van der Waals surface area contributed by atoms with E-state index in [9.17, 15) is 10.1 Å². The van der Waals surface area contributed by atoms with Gasteiger partial charge in [0.05, 0.1) is 11.1 Å². The van der Waals surface area contributed by atoms with Crippen molar-refractivity contribution in [3.63, 3.8) is 0 Å². The van der Waals surface area contributed by atoms with E-state index in [4.69, 9.17) is 0 Å². The first-order chi connectivity index (χ1) is 15.0. The largest absolute Gasteiger partial charge is 0.368 e. The second kappa shape index (κ2) is 9.27. The molecule has 0 radical (unpaired) electrons. The molecule has 11 heteroatoms. The van der Waals surface area contributed by atoms with Gasteiger partial charge in [0.25, 0.3) is 11.6 Å². The van der Waals surface area contributed by atoms with Crippen LogP contribution in [-0.4, -0.2) is 56.9 Å². The number of rotatable bonds is 6. The average Bonchev–Trinajstić information content (AvgIpc) is 3.28. The Kier molecular flexibility index (Phi) is 6.28. The smallest absolute Gasteiger partial charge is 0.293 e. The summed E-state index contributed by atoms with van der Waals surface area (Å²) >= 11 is 0. The van der Waals surface area contributed by atoms with Crippen molar-refractivity contribution in [3.8, 4) is 0 Å². The molecule has 31 heavy (non-hydrogen) atoms. The van der Waals surface area contributed by atoms with Gasteiger partial charge < -0.3 is 9.80 Å². The molecule has 3 heterocycles. The maximum Gasteiger partial charge on any atom is 0.293 e. The predicted octanol–water partition coefficient (Wildman–Crippen LogP) is 3.31. The first-order valence-electron chi connectivity index (χ1n) is 10.9. The fourth-order valence-corrected chi connectivity index (χ4v) is 4.59. The average molecular weight is 428 g/mol. The molecule has 166 valence electrons. The second-order valence-electron chi connectivity index (χ2n) is 8.34. The topological polar surface area (TPSA) is 128 Å². The van der Waals surface area contributed by atoms with E-state index >= 15 is 0 Å². The van der Waals surface area contributed by atoms with Crippen molar-refractivity contribution in [1.82, 2.24) is 20.6 Å². The van der Waals surface area contributed by atoms with Crippen molar-refractivity contribution in [2.24, 2.45) is 5.10 Å². The number of anilines is 3. The van der Waals surface area contributed by atoms with Gasteiger partial charge in [0, 0.05) is 42.5 Å². The number of hydrogen-bond donors (Lipinski definition) is 2. The normalized spacial score (nSPS) is 22.1. The molecule has 0 amide bonds. The van der Waals surface area contributed by atoms with Gasteiger partial charge in [-0.25, -0.2) is 5.43 Å². The number of nitro groups is 1. The zero-order valence-electron chi connectivity index (χ0n) is 18.0. The summed E-state index contributed by atoms with van der Waals surface area (Å²) in [5.74, 6) is 0.234. The van der Waals surface area contributed by atoms with Gasteiger partial charge in [-0.15, -0.1) is 5.10 Å². The van der Waals surface area contributed by atoms with Crippen LogP contribution in [0.25, 0.3) is 0 Å². The third kappa shape index (κ3) is 4.59. The Balaban J connectivity index is 1.76. The SMILES string of the molecule is C[C@@H]1CCCCN1c1cc(N2CCCC[C@H]2C)c([N+](=O)[O-])cc1/C=N\Nc1nn[nH]n1. The van der Waals surface area contributed by atoms with E-state index in [2.05, 4.69) is 54.8 Å². The number of benzene rings is 1. The van der Waals surface area contributed by atoms with Crippen molar-refractivity contribution < 1.29 is 4.92 Å². The Hall–Kier alpha value is -3.24. The highest BCUT2D eigenvalue weighted by atomic mass is 16.6. The van der Waals surface area contributed by atoms with Gasteiger partial charge in [-0.1, -0.05) is 5.10 Å². The van der Waals surface area contributed by atoms with Gasteiger partial charge in [-0.05, 0) is 63.7 Å². The lowest BCUT2D eigenvalue weighted by Gasteiger charge is -2.39. The maximum absolute atomic E-state index is 12.0. The Morgan fingerprint density at radius 1 is 1.13 bits per heavy atom. The number of H-pyrrole nitrogens is 1. The van der Waals surface area contributed by atoms with E-state index in [1.54, 1.807) is 12.3 Å². The van der Waals surface area contributed by atoms with Gasteiger partial charge in [0.1, 0.15) is 5.69 Å². The van der Waals surface area contributed by atoms with Crippen LogP contribution in [0.2, 0.25) is 0 Å². The molecule has 2 fully saturated rings. The fourth-order valence-electron chi connectivity index (χ4n) is 4.59. The Labute approximate surface area is 181 Å². The first-order valence-corrected chi connectivity index (χ1v) is 10.9. The van der Waals surface area contributed by atoms with Crippen molar-refractivity contribution in [2.45, 2.75) is 64.5 Å². The molecule has 0 aliphatic carbocycles. The highest BCUT2D eigenvalue weighted by Gasteiger charge is 2.30. The quantitative estimate of drug-likeness (QED) is 0.408.